The molecule has 19 heavy (non-hydrogen) atoms. The molecule has 0 bridgehead atoms. The van der Waals surface area contributed by atoms with Crippen LogP contribution in [0.5, 0.6) is 5.75 Å². The average Bonchev–Trinajstić information content (AvgIpc) is 3.10. The predicted octanol–water partition coefficient (Wildman–Crippen LogP) is 3.38. The van der Waals surface area contributed by atoms with Crippen LogP contribution in [-0.2, 0) is 0 Å². The van der Waals surface area contributed by atoms with Crippen LogP contribution in [0.4, 0.5) is 4.39 Å². The molecule has 0 aliphatic carbocycles. The van der Waals surface area contributed by atoms with Gasteiger partial charge in [-0.15, -0.1) is 11.3 Å². The van der Waals surface area contributed by atoms with E-state index >= 15 is 0 Å². The maximum atomic E-state index is 13.4. The number of ether oxygens (including phenoxy) is 1. The van der Waals surface area contributed by atoms with Gasteiger partial charge in [0.1, 0.15) is 5.01 Å². The van der Waals surface area contributed by atoms with Crippen LogP contribution >= 0.6 is 11.3 Å². The SMILES string of the molecule is COc1cc(-c2nc([C@@H]3CCCN3)cs2)ccc1F. The number of nitrogens with one attached hydrogen (secondary N) is 1. The number of halogens is 1. The molecule has 100 valence electrons. The van der Waals surface area contributed by atoms with Gasteiger partial charge in [-0.05, 0) is 37.6 Å². The van der Waals surface area contributed by atoms with E-state index in [1.54, 1.807) is 23.5 Å². The van der Waals surface area contributed by atoms with E-state index in [-0.39, 0.29) is 11.6 Å². The fourth-order valence-electron chi connectivity index (χ4n) is 2.31. The smallest absolute Gasteiger partial charge is 0.165 e. The lowest BCUT2D eigenvalue weighted by molar-refractivity contribution is 0.387. The summed E-state index contributed by atoms with van der Waals surface area (Å²) in [5.74, 6) is -0.0891. The molecule has 2 aromatic rings. The van der Waals surface area contributed by atoms with Crippen molar-refractivity contribution in [1.29, 1.82) is 0 Å². The van der Waals surface area contributed by atoms with Gasteiger partial charge in [0.25, 0.3) is 0 Å². The normalized spacial score (nSPS) is 18.7. The molecule has 1 aromatic carbocycles. The van der Waals surface area contributed by atoms with Gasteiger partial charge in [0.2, 0.25) is 0 Å². The molecule has 5 heteroatoms. The minimum atomic E-state index is -0.347. The second-order valence-electron chi connectivity index (χ2n) is 4.58. The van der Waals surface area contributed by atoms with Crippen molar-refractivity contribution in [3.8, 4) is 16.3 Å². The minimum absolute atomic E-state index is 0.258. The van der Waals surface area contributed by atoms with Crippen molar-refractivity contribution in [3.05, 3.63) is 35.1 Å². The van der Waals surface area contributed by atoms with Gasteiger partial charge < -0.3 is 10.1 Å². The zero-order valence-corrected chi connectivity index (χ0v) is 11.5. The Kier molecular flexibility index (Phi) is 3.48. The van der Waals surface area contributed by atoms with Crippen molar-refractivity contribution in [2.75, 3.05) is 13.7 Å². The molecule has 1 aromatic heterocycles. The monoisotopic (exact) mass is 278 g/mol. The molecule has 2 heterocycles. The van der Waals surface area contributed by atoms with Crippen LogP contribution in [0.25, 0.3) is 10.6 Å². The molecule has 0 amide bonds. The molecular weight excluding hydrogens is 263 g/mol. The van der Waals surface area contributed by atoms with Crippen molar-refractivity contribution in [1.82, 2.24) is 10.3 Å². The number of benzene rings is 1. The molecule has 3 rings (SSSR count). The van der Waals surface area contributed by atoms with Gasteiger partial charge >= 0.3 is 0 Å². The van der Waals surface area contributed by atoms with Crippen LogP contribution in [0.3, 0.4) is 0 Å². The van der Waals surface area contributed by atoms with Gasteiger partial charge in [-0.1, -0.05) is 0 Å². The van der Waals surface area contributed by atoms with E-state index in [4.69, 9.17) is 4.74 Å². The number of thiazole rings is 1. The summed E-state index contributed by atoms with van der Waals surface area (Å²) in [6, 6.07) is 5.22. The van der Waals surface area contributed by atoms with E-state index in [2.05, 4.69) is 15.7 Å². The van der Waals surface area contributed by atoms with Crippen LogP contribution in [0, 0.1) is 5.82 Å². The third-order valence-corrected chi connectivity index (χ3v) is 4.25. The van der Waals surface area contributed by atoms with Crippen LogP contribution in [-0.4, -0.2) is 18.6 Å². The van der Waals surface area contributed by atoms with E-state index in [0.717, 1.165) is 29.2 Å². The Morgan fingerprint density at radius 3 is 3.11 bits per heavy atom. The van der Waals surface area contributed by atoms with Crippen LogP contribution < -0.4 is 10.1 Å². The summed E-state index contributed by atoms with van der Waals surface area (Å²) in [6.45, 7) is 1.06. The Morgan fingerprint density at radius 2 is 2.37 bits per heavy atom. The van der Waals surface area contributed by atoms with E-state index in [1.165, 1.54) is 19.6 Å². The van der Waals surface area contributed by atoms with Crippen LogP contribution in [0.15, 0.2) is 23.6 Å². The third kappa shape index (κ3) is 2.48. The predicted molar refractivity (Wildman–Crippen MR) is 74.0 cm³/mol. The standard InChI is InChI=1S/C14H15FN2OS/c1-18-13-7-9(4-5-10(13)15)14-17-12(8-19-14)11-3-2-6-16-11/h4-5,7-8,11,16H,2-3,6H2,1H3/t11-/m0/s1. The maximum Gasteiger partial charge on any atom is 0.165 e. The van der Waals surface area contributed by atoms with Crippen molar-refractivity contribution in [2.24, 2.45) is 0 Å². The Morgan fingerprint density at radius 1 is 1.47 bits per heavy atom. The fourth-order valence-corrected chi connectivity index (χ4v) is 3.18. The number of methoxy groups -OCH3 is 1. The lowest BCUT2D eigenvalue weighted by Gasteiger charge is -2.05. The highest BCUT2D eigenvalue weighted by molar-refractivity contribution is 7.13. The molecule has 0 unspecified atom stereocenters. The van der Waals surface area contributed by atoms with E-state index < -0.39 is 0 Å². The summed E-state index contributed by atoms with van der Waals surface area (Å²) in [5.41, 5.74) is 1.98. The Labute approximate surface area is 115 Å². The topological polar surface area (TPSA) is 34.1 Å². The molecule has 0 saturated carbocycles. The van der Waals surface area contributed by atoms with Crippen molar-refractivity contribution >= 4 is 11.3 Å². The molecule has 1 aliphatic heterocycles. The lowest BCUT2D eigenvalue weighted by atomic mass is 10.2. The summed E-state index contributed by atoms with van der Waals surface area (Å²) < 4.78 is 18.4. The summed E-state index contributed by atoms with van der Waals surface area (Å²) in [6.07, 6.45) is 2.33. The van der Waals surface area contributed by atoms with Crippen molar-refractivity contribution < 1.29 is 9.13 Å². The van der Waals surface area contributed by atoms with Gasteiger partial charge in [-0.3, -0.25) is 0 Å². The van der Waals surface area contributed by atoms with E-state index in [1.807, 2.05) is 0 Å². The minimum Gasteiger partial charge on any atom is -0.494 e. The van der Waals surface area contributed by atoms with E-state index in [9.17, 15) is 4.39 Å². The van der Waals surface area contributed by atoms with Crippen LogP contribution in [0.1, 0.15) is 24.6 Å². The summed E-state index contributed by atoms with van der Waals surface area (Å²) >= 11 is 1.59. The number of rotatable bonds is 3. The first-order valence-electron chi connectivity index (χ1n) is 6.30. The molecule has 1 aliphatic rings. The first-order chi connectivity index (χ1) is 9.28. The number of nitrogens with zero attached hydrogens (tertiary/aromatic N) is 1. The van der Waals surface area contributed by atoms with Gasteiger partial charge in [0, 0.05) is 10.9 Å². The van der Waals surface area contributed by atoms with Crippen molar-refractivity contribution in [3.63, 3.8) is 0 Å². The second kappa shape index (κ2) is 5.27. The van der Waals surface area contributed by atoms with Gasteiger partial charge in [0.15, 0.2) is 11.6 Å². The molecular formula is C14H15FN2OS. The summed E-state index contributed by atoms with van der Waals surface area (Å²) in [7, 11) is 1.47. The largest absolute Gasteiger partial charge is 0.494 e. The molecule has 0 spiro atoms. The Balaban J connectivity index is 1.89. The number of hydrogen-bond acceptors (Lipinski definition) is 4. The molecule has 1 N–H and O–H groups in total. The molecule has 1 atom stereocenters. The van der Waals surface area contributed by atoms with Crippen molar-refractivity contribution in [2.45, 2.75) is 18.9 Å². The second-order valence-corrected chi connectivity index (χ2v) is 5.43. The summed E-state index contributed by atoms with van der Waals surface area (Å²) in [4.78, 5) is 4.65. The molecule has 0 radical (unpaired) electrons. The Bertz CT molecular complexity index is 579. The highest BCUT2D eigenvalue weighted by Crippen LogP contribution is 2.31. The molecule has 1 fully saturated rings. The first-order valence-corrected chi connectivity index (χ1v) is 7.18. The molecule has 1 saturated heterocycles. The first kappa shape index (κ1) is 12.6. The molecule has 3 nitrogen and oxygen atoms in total. The van der Waals surface area contributed by atoms with Crippen LogP contribution in [0.2, 0.25) is 0 Å². The average molecular weight is 278 g/mol. The summed E-state index contributed by atoms with van der Waals surface area (Å²) in [5, 5.41) is 6.41. The Hall–Kier alpha value is -1.46. The van der Waals surface area contributed by atoms with Gasteiger partial charge in [-0.2, -0.15) is 0 Å². The van der Waals surface area contributed by atoms with E-state index in [0.29, 0.717) is 6.04 Å². The number of aromatic nitrogens is 1. The zero-order valence-electron chi connectivity index (χ0n) is 10.6. The zero-order chi connectivity index (χ0) is 13.2. The third-order valence-electron chi connectivity index (χ3n) is 3.34. The quantitative estimate of drug-likeness (QED) is 0.934. The highest BCUT2D eigenvalue weighted by Gasteiger charge is 2.19. The highest BCUT2D eigenvalue weighted by atomic mass is 32.1. The number of hydrogen-bond donors (Lipinski definition) is 1. The lowest BCUT2D eigenvalue weighted by Crippen LogP contribution is -2.12. The maximum absolute atomic E-state index is 13.4. The van der Waals surface area contributed by atoms with Gasteiger partial charge in [0.05, 0.1) is 18.8 Å². The van der Waals surface area contributed by atoms with Gasteiger partial charge in [-0.25, -0.2) is 9.37 Å². The fraction of sp³-hybridized carbons (Fsp3) is 0.357.